The van der Waals surface area contributed by atoms with E-state index in [0.717, 1.165) is 32.0 Å². The van der Waals surface area contributed by atoms with Gasteiger partial charge in [-0.2, -0.15) is 5.10 Å². The summed E-state index contributed by atoms with van der Waals surface area (Å²) in [5.41, 5.74) is 1.26. The molecule has 4 heteroatoms. The van der Waals surface area contributed by atoms with Crippen LogP contribution in [0.3, 0.4) is 0 Å². The summed E-state index contributed by atoms with van der Waals surface area (Å²) < 4.78 is 8.01. The molecule has 2 unspecified atom stereocenters. The average Bonchev–Trinajstić information content (AvgIpc) is 3.16. The highest BCUT2D eigenvalue weighted by molar-refractivity contribution is 5.14. The highest BCUT2D eigenvalue weighted by Gasteiger charge is 2.38. The van der Waals surface area contributed by atoms with Gasteiger partial charge in [0.05, 0.1) is 18.3 Å². The lowest BCUT2D eigenvalue weighted by molar-refractivity contribution is 0.0185. The fourth-order valence-corrected chi connectivity index (χ4v) is 2.56. The second-order valence-electron chi connectivity index (χ2n) is 5.32. The van der Waals surface area contributed by atoms with Gasteiger partial charge in [0.2, 0.25) is 0 Å². The van der Waals surface area contributed by atoms with Gasteiger partial charge in [-0.05, 0) is 45.6 Å². The Hall–Kier alpha value is -0.870. The van der Waals surface area contributed by atoms with Gasteiger partial charge in [-0.1, -0.05) is 6.92 Å². The number of hydrogen-bond acceptors (Lipinski definition) is 3. The highest BCUT2D eigenvalue weighted by atomic mass is 16.5. The summed E-state index contributed by atoms with van der Waals surface area (Å²) >= 11 is 0. The first-order valence-corrected chi connectivity index (χ1v) is 7.67. The molecule has 1 aromatic heterocycles. The van der Waals surface area contributed by atoms with E-state index in [1.165, 1.54) is 18.4 Å². The molecule has 0 saturated heterocycles. The van der Waals surface area contributed by atoms with Crippen LogP contribution in [-0.2, 0) is 11.3 Å². The summed E-state index contributed by atoms with van der Waals surface area (Å²) in [5.74, 6) is 0.722. The molecule has 0 aliphatic heterocycles. The van der Waals surface area contributed by atoms with Crippen molar-refractivity contribution in [2.24, 2.45) is 5.92 Å². The van der Waals surface area contributed by atoms with E-state index >= 15 is 0 Å². The van der Waals surface area contributed by atoms with E-state index in [2.05, 4.69) is 37.4 Å². The Balaban J connectivity index is 2.12. The van der Waals surface area contributed by atoms with Gasteiger partial charge in [-0.15, -0.1) is 0 Å². The van der Waals surface area contributed by atoms with Gasteiger partial charge in [-0.25, -0.2) is 0 Å². The number of ether oxygens (including phenoxy) is 1. The van der Waals surface area contributed by atoms with Crippen LogP contribution >= 0.6 is 0 Å². The van der Waals surface area contributed by atoms with Crippen molar-refractivity contribution in [1.82, 2.24) is 15.1 Å². The van der Waals surface area contributed by atoms with Crippen LogP contribution < -0.4 is 5.32 Å². The predicted molar refractivity (Wildman–Crippen MR) is 77.1 cm³/mol. The summed E-state index contributed by atoms with van der Waals surface area (Å²) in [6.45, 7) is 9.13. The third-order valence-electron chi connectivity index (χ3n) is 3.72. The van der Waals surface area contributed by atoms with E-state index < -0.39 is 0 Å². The summed E-state index contributed by atoms with van der Waals surface area (Å²) in [4.78, 5) is 0. The second-order valence-corrected chi connectivity index (χ2v) is 5.32. The van der Waals surface area contributed by atoms with Gasteiger partial charge in [0.25, 0.3) is 0 Å². The Bertz CT molecular complexity index is 373. The molecule has 4 nitrogen and oxygen atoms in total. The Morgan fingerprint density at radius 1 is 1.42 bits per heavy atom. The van der Waals surface area contributed by atoms with Crippen molar-refractivity contribution in [2.45, 2.75) is 58.7 Å². The minimum atomic E-state index is 0.285. The molecule has 0 aromatic carbocycles. The molecule has 19 heavy (non-hydrogen) atoms. The molecule has 2 atom stereocenters. The van der Waals surface area contributed by atoms with Crippen LogP contribution in [0.5, 0.6) is 0 Å². The van der Waals surface area contributed by atoms with E-state index in [9.17, 15) is 0 Å². The number of nitrogens with one attached hydrogen (secondary N) is 1. The summed E-state index contributed by atoms with van der Waals surface area (Å²) in [6, 6.07) is 0.285. The molecule has 1 fully saturated rings. The van der Waals surface area contributed by atoms with E-state index in [4.69, 9.17) is 4.74 Å². The van der Waals surface area contributed by atoms with Crippen LogP contribution in [0.15, 0.2) is 12.4 Å². The number of rotatable bonds is 9. The lowest BCUT2D eigenvalue weighted by Crippen LogP contribution is -2.35. The molecule has 0 amide bonds. The Kier molecular flexibility index (Phi) is 5.40. The summed E-state index contributed by atoms with van der Waals surface area (Å²) in [6.07, 6.45) is 8.19. The van der Waals surface area contributed by atoms with E-state index in [1.54, 1.807) is 0 Å². The standard InChI is InChI=1S/C15H27N3O/c1-4-9-16-14(13-10-17-18(5-2)11-13)15(19-6-3)12-7-8-12/h10-12,14-16H,4-9H2,1-3H3. The Morgan fingerprint density at radius 3 is 2.74 bits per heavy atom. The lowest BCUT2D eigenvalue weighted by atomic mass is 10.0. The number of hydrogen-bond donors (Lipinski definition) is 1. The van der Waals surface area contributed by atoms with E-state index in [1.807, 2.05) is 10.9 Å². The first kappa shape index (κ1) is 14.5. The topological polar surface area (TPSA) is 39.1 Å². The van der Waals surface area contributed by atoms with Gasteiger partial charge in [0, 0.05) is 24.9 Å². The molecule has 1 heterocycles. The Morgan fingerprint density at radius 2 is 2.21 bits per heavy atom. The van der Waals surface area contributed by atoms with Gasteiger partial charge in [0.15, 0.2) is 0 Å². The largest absolute Gasteiger partial charge is 0.376 e. The van der Waals surface area contributed by atoms with Crippen molar-refractivity contribution < 1.29 is 4.74 Å². The van der Waals surface area contributed by atoms with Gasteiger partial charge in [-0.3, -0.25) is 4.68 Å². The minimum absolute atomic E-state index is 0.285. The molecule has 108 valence electrons. The molecular weight excluding hydrogens is 238 g/mol. The van der Waals surface area contributed by atoms with Gasteiger partial charge >= 0.3 is 0 Å². The number of aryl methyl sites for hydroxylation is 1. The van der Waals surface area contributed by atoms with Crippen LogP contribution in [0.25, 0.3) is 0 Å². The van der Waals surface area contributed by atoms with Crippen molar-refractivity contribution >= 4 is 0 Å². The summed E-state index contributed by atoms with van der Waals surface area (Å²) in [5, 5.41) is 8.06. The molecule has 2 rings (SSSR count). The smallest absolute Gasteiger partial charge is 0.0798 e. The van der Waals surface area contributed by atoms with E-state index in [-0.39, 0.29) is 6.04 Å². The van der Waals surface area contributed by atoms with Crippen LogP contribution in [0.4, 0.5) is 0 Å². The summed E-state index contributed by atoms with van der Waals surface area (Å²) in [7, 11) is 0. The fraction of sp³-hybridized carbons (Fsp3) is 0.800. The molecular formula is C15H27N3O. The Labute approximate surface area is 116 Å². The molecule has 0 radical (unpaired) electrons. The third kappa shape index (κ3) is 3.80. The monoisotopic (exact) mass is 265 g/mol. The number of nitrogens with zero attached hydrogens (tertiary/aromatic N) is 2. The number of aromatic nitrogens is 2. The molecule has 1 saturated carbocycles. The van der Waals surface area contributed by atoms with Gasteiger partial charge in [0.1, 0.15) is 0 Å². The highest BCUT2D eigenvalue weighted by Crippen LogP contribution is 2.40. The first-order chi connectivity index (χ1) is 9.30. The SMILES string of the molecule is CCCNC(c1cnn(CC)c1)C(OCC)C1CC1. The zero-order valence-corrected chi connectivity index (χ0v) is 12.4. The van der Waals surface area contributed by atoms with Crippen molar-refractivity contribution in [3.8, 4) is 0 Å². The zero-order valence-electron chi connectivity index (χ0n) is 12.4. The maximum absolute atomic E-state index is 6.02. The second kappa shape index (κ2) is 7.06. The predicted octanol–water partition coefficient (Wildman–Crippen LogP) is 2.76. The maximum atomic E-state index is 6.02. The third-order valence-corrected chi connectivity index (χ3v) is 3.72. The van der Waals surface area contributed by atoms with Crippen LogP contribution in [0, 0.1) is 5.92 Å². The lowest BCUT2D eigenvalue weighted by Gasteiger charge is -2.27. The van der Waals surface area contributed by atoms with Crippen LogP contribution in [-0.4, -0.2) is 29.0 Å². The van der Waals surface area contributed by atoms with Gasteiger partial charge < -0.3 is 10.1 Å². The van der Waals surface area contributed by atoms with Crippen LogP contribution in [0.1, 0.15) is 51.6 Å². The van der Waals surface area contributed by atoms with Crippen LogP contribution in [0.2, 0.25) is 0 Å². The molecule has 0 spiro atoms. The van der Waals surface area contributed by atoms with E-state index in [0.29, 0.717) is 6.10 Å². The fourth-order valence-electron chi connectivity index (χ4n) is 2.56. The normalized spacial score (nSPS) is 18.5. The minimum Gasteiger partial charge on any atom is -0.376 e. The first-order valence-electron chi connectivity index (χ1n) is 7.67. The molecule has 1 aromatic rings. The quantitative estimate of drug-likeness (QED) is 0.746. The van der Waals surface area contributed by atoms with Crippen molar-refractivity contribution in [3.63, 3.8) is 0 Å². The van der Waals surface area contributed by atoms with Crippen molar-refractivity contribution in [3.05, 3.63) is 18.0 Å². The maximum Gasteiger partial charge on any atom is 0.0798 e. The zero-order chi connectivity index (χ0) is 13.7. The average molecular weight is 265 g/mol. The molecule has 1 aliphatic rings. The molecule has 0 bridgehead atoms. The van der Waals surface area contributed by atoms with Crippen molar-refractivity contribution in [2.75, 3.05) is 13.2 Å². The van der Waals surface area contributed by atoms with Crippen molar-refractivity contribution in [1.29, 1.82) is 0 Å². The molecule has 1 aliphatic carbocycles. The molecule has 1 N–H and O–H groups in total.